The quantitative estimate of drug-likeness (QED) is 0.400. The van der Waals surface area contributed by atoms with E-state index in [4.69, 9.17) is 0 Å². The highest BCUT2D eigenvalue weighted by Crippen LogP contribution is 2.23. The molecule has 0 N–H and O–H groups in total. The van der Waals surface area contributed by atoms with Crippen molar-refractivity contribution in [2.75, 3.05) is 0 Å². The van der Waals surface area contributed by atoms with Gasteiger partial charge in [0.1, 0.15) is 0 Å². The summed E-state index contributed by atoms with van der Waals surface area (Å²) in [7, 11) is 0. The van der Waals surface area contributed by atoms with Gasteiger partial charge in [-0.2, -0.15) is 10.2 Å². The largest absolute Gasteiger partial charge is 0.160 e. The molecule has 0 saturated carbocycles. The zero-order chi connectivity index (χ0) is 11.5. The predicted molar refractivity (Wildman–Crippen MR) is 66.6 cm³/mol. The van der Waals surface area contributed by atoms with Crippen LogP contribution in [0.1, 0.15) is 39.5 Å². The van der Waals surface area contributed by atoms with Crippen LogP contribution in [0, 0.1) is 5.92 Å². The molecule has 0 bridgehead atoms. The molecule has 0 radical (unpaired) electrons. The van der Waals surface area contributed by atoms with E-state index in [2.05, 4.69) is 37.2 Å². The summed E-state index contributed by atoms with van der Waals surface area (Å²) in [5, 5.41) is 7.65. The molecule has 15 heavy (non-hydrogen) atoms. The standard InChI is InChI=1S/C13H22N2/c1-5-9-13(10-6-2)12(7-3)11-15-14-8-4/h7-8,11,13H,3-6,9-10H2,1-2H3/b12-11+,15-14-. The molecular weight excluding hydrogens is 184 g/mol. The summed E-state index contributed by atoms with van der Waals surface area (Å²) in [5.41, 5.74) is 1.18. The smallest absolute Gasteiger partial charge is 0.0530 e. The molecule has 0 aromatic carbocycles. The predicted octanol–water partition coefficient (Wildman–Crippen LogP) is 4.87. The summed E-state index contributed by atoms with van der Waals surface area (Å²) in [4.78, 5) is 0. The Balaban J connectivity index is 4.55. The van der Waals surface area contributed by atoms with Crippen molar-refractivity contribution in [2.45, 2.75) is 39.5 Å². The Labute approximate surface area is 93.5 Å². The van der Waals surface area contributed by atoms with E-state index in [9.17, 15) is 0 Å². The Morgan fingerprint density at radius 1 is 1.13 bits per heavy atom. The van der Waals surface area contributed by atoms with Gasteiger partial charge >= 0.3 is 0 Å². The van der Waals surface area contributed by atoms with Crippen molar-refractivity contribution < 1.29 is 0 Å². The Hall–Kier alpha value is -1.18. The van der Waals surface area contributed by atoms with Gasteiger partial charge in [-0.05, 0) is 24.3 Å². The van der Waals surface area contributed by atoms with Crippen molar-refractivity contribution in [1.29, 1.82) is 0 Å². The normalized spacial score (nSPS) is 12.3. The first kappa shape index (κ1) is 13.8. The molecule has 0 aliphatic heterocycles. The second-order valence-electron chi connectivity index (χ2n) is 3.52. The molecule has 0 spiro atoms. The highest BCUT2D eigenvalue weighted by molar-refractivity contribution is 5.18. The molecule has 2 heteroatoms. The van der Waals surface area contributed by atoms with Crippen LogP contribution in [0.25, 0.3) is 0 Å². The van der Waals surface area contributed by atoms with Gasteiger partial charge in [-0.25, -0.2) is 0 Å². The molecule has 0 rings (SSSR count). The number of nitrogens with zero attached hydrogens (tertiary/aromatic N) is 2. The molecule has 0 aliphatic rings. The van der Waals surface area contributed by atoms with Gasteiger partial charge in [0.2, 0.25) is 0 Å². The number of allylic oxidation sites excluding steroid dienone is 2. The van der Waals surface area contributed by atoms with Crippen LogP contribution in [0.15, 0.2) is 47.4 Å². The van der Waals surface area contributed by atoms with Crippen molar-refractivity contribution in [1.82, 2.24) is 0 Å². The first-order chi connectivity index (χ1) is 7.29. The minimum atomic E-state index is 0.571. The molecule has 0 aromatic rings. The van der Waals surface area contributed by atoms with Crippen LogP contribution in [-0.2, 0) is 0 Å². The average Bonchev–Trinajstić information content (AvgIpc) is 2.24. The van der Waals surface area contributed by atoms with E-state index >= 15 is 0 Å². The number of hydrogen-bond donors (Lipinski definition) is 0. The second kappa shape index (κ2) is 9.38. The van der Waals surface area contributed by atoms with Gasteiger partial charge in [0.25, 0.3) is 0 Å². The van der Waals surface area contributed by atoms with Gasteiger partial charge in [-0.3, -0.25) is 0 Å². The van der Waals surface area contributed by atoms with Crippen molar-refractivity contribution in [2.24, 2.45) is 16.1 Å². The van der Waals surface area contributed by atoms with E-state index in [0.717, 1.165) is 0 Å². The molecular formula is C13H22N2. The maximum absolute atomic E-state index is 3.92. The Bertz CT molecular complexity index is 233. The summed E-state index contributed by atoms with van der Waals surface area (Å²) in [6, 6.07) is 0. The summed E-state index contributed by atoms with van der Waals surface area (Å²) < 4.78 is 0. The minimum absolute atomic E-state index is 0.571. The van der Waals surface area contributed by atoms with E-state index in [1.165, 1.54) is 37.5 Å². The second-order valence-corrected chi connectivity index (χ2v) is 3.52. The Morgan fingerprint density at radius 3 is 2.13 bits per heavy atom. The van der Waals surface area contributed by atoms with Gasteiger partial charge in [-0.1, -0.05) is 45.9 Å². The fraction of sp³-hybridized carbons (Fsp3) is 0.538. The van der Waals surface area contributed by atoms with E-state index in [1.54, 1.807) is 6.20 Å². The van der Waals surface area contributed by atoms with E-state index in [-0.39, 0.29) is 0 Å². The third-order valence-electron chi connectivity index (χ3n) is 2.34. The molecule has 2 nitrogen and oxygen atoms in total. The lowest BCUT2D eigenvalue weighted by Gasteiger charge is -2.15. The molecule has 0 aromatic heterocycles. The molecule has 0 fully saturated rings. The lowest BCUT2D eigenvalue weighted by molar-refractivity contribution is 0.511. The van der Waals surface area contributed by atoms with Crippen LogP contribution < -0.4 is 0 Å². The van der Waals surface area contributed by atoms with Crippen LogP contribution in [0.5, 0.6) is 0 Å². The summed E-state index contributed by atoms with van der Waals surface area (Å²) in [5.74, 6) is 0.571. The van der Waals surface area contributed by atoms with Crippen molar-refractivity contribution >= 4 is 0 Å². The highest BCUT2D eigenvalue weighted by atomic mass is 15.1. The van der Waals surface area contributed by atoms with Crippen LogP contribution in [0.2, 0.25) is 0 Å². The van der Waals surface area contributed by atoms with Crippen LogP contribution in [0.3, 0.4) is 0 Å². The molecule has 0 aliphatic carbocycles. The van der Waals surface area contributed by atoms with Gasteiger partial charge in [0, 0.05) is 6.20 Å². The lowest BCUT2D eigenvalue weighted by Crippen LogP contribution is -2.01. The first-order valence-corrected chi connectivity index (χ1v) is 5.63. The van der Waals surface area contributed by atoms with Crippen LogP contribution in [-0.4, -0.2) is 0 Å². The number of rotatable bonds is 8. The number of hydrogen-bond acceptors (Lipinski definition) is 2. The Kier molecular flexibility index (Phi) is 8.64. The fourth-order valence-electron chi connectivity index (χ4n) is 1.65. The summed E-state index contributed by atoms with van der Waals surface area (Å²) in [6.45, 7) is 11.7. The number of azo groups is 1. The summed E-state index contributed by atoms with van der Waals surface area (Å²) in [6.07, 6.45) is 9.88. The molecule has 0 heterocycles. The van der Waals surface area contributed by atoms with Crippen molar-refractivity contribution in [3.8, 4) is 0 Å². The average molecular weight is 206 g/mol. The van der Waals surface area contributed by atoms with Crippen LogP contribution in [0.4, 0.5) is 0 Å². The monoisotopic (exact) mass is 206 g/mol. The zero-order valence-electron chi connectivity index (χ0n) is 9.95. The van der Waals surface area contributed by atoms with E-state index < -0.39 is 0 Å². The van der Waals surface area contributed by atoms with Gasteiger partial charge < -0.3 is 0 Å². The third-order valence-corrected chi connectivity index (χ3v) is 2.34. The molecule has 0 atom stereocenters. The molecule has 0 saturated heterocycles. The highest BCUT2D eigenvalue weighted by Gasteiger charge is 2.09. The molecule has 0 unspecified atom stereocenters. The summed E-state index contributed by atoms with van der Waals surface area (Å²) >= 11 is 0. The maximum Gasteiger partial charge on any atom is 0.0530 e. The topological polar surface area (TPSA) is 24.7 Å². The van der Waals surface area contributed by atoms with Crippen LogP contribution >= 0.6 is 0 Å². The third kappa shape index (κ3) is 6.00. The fourth-order valence-corrected chi connectivity index (χ4v) is 1.65. The van der Waals surface area contributed by atoms with Gasteiger partial charge in [-0.15, -0.1) is 0 Å². The van der Waals surface area contributed by atoms with Crippen molar-refractivity contribution in [3.05, 3.63) is 37.2 Å². The maximum atomic E-state index is 3.92. The Morgan fingerprint density at radius 2 is 1.73 bits per heavy atom. The van der Waals surface area contributed by atoms with Gasteiger partial charge in [0.05, 0.1) is 6.20 Å². The molecule has 84 valence electrons. The van der Waals surface area contributed by atoms with E-state index in [0.29, 0.717) is 5.92 Å². The van der Waals surface area contributed by atoms with Crippen molar-refractivity contribution in [3.63, 3.8) is 0 Å². The SMILES string of the molecule is C=C/N=N\C=C(/C=C)C(CCC)CCC. The molecule has 0 amide bonds. The van der Waals surface area contributed by atoms with Gasteiger partial charge in [0.15, 0.2) is 0 Å². The van der Waals surface area contributed by atoms with E-state index in [1.807, 2.05) is 6.08 Å². The minimum Gasteiger partial charge on any atom is -0.160 e. The zero-order valence-corrected chi connectivity index (χ0v) is 9.95. The lowest BCUT2D eigenvalue weighted by atomic mass is 9.91. The first-order valence-electron chi connectivity index (χ1n) is 5.63.